The maximum Gasteiger partial charge on any atom is 0.261 e. The van der Waals surface area contributed by atoms with Crippen LogP contribution in [0.2, 0.25) is 0 Å². The number of ether oxygens (including phenoxy) is 1. The van der Waals surface area contributed by atoms with Gasteiger partial charge in [-0.25, -0.2) is 9.97 Å². The number of anilines is 1. The van der Waals surface area contributed by atoms with Gasteiger partial charge < -0.3 is 15.0 Å². The summed E-state index contributed by atoms with van der Waals surface area (Å²) >= 11 is 0. The highest BCUT2D eigenvalue weighted by molar-refractivity contribution is 6.21. The number of rotatable bonds is 12. The first-order valence-electron chi connectivity index (χ1n) is 14.5. The van der Waals surface area contributed by atoms with Crippen LogP contribution < -0.4 is 10.5 Å². The Balaban J connectivity index is 1.01. The number of para-hydroxylation sites is 1. The van der Waals surface area contributed by atoms with E-state index in [4.69, 9.17) is 10.5 Å². The van der Waals surface area contributed by atoms with Crippen molar-refractivity contribution in [2.24, 2.45) is 0 Å². The monoisotopic (exact) mass is 559 g/mol. The second-order valence-electron chi connectivity index (χ2n) is 10.6. The van der Waals surface area contributed by atoms with E-state index in [-0.39, 0.29) is 11.8 Å². The average Bonchev–Trinajstić information content (AvgIpc) is 3.51. The molecule has 0 radical (unpaired) electrons. The Kier molecular flexibility index (Phi) is 7.94. The van der Waals surface area contributed by atoms with Gasteiger partial charge in [0.1, 0.15) is 29.3 Å². The van der Waals surface area contributed by atoms with E-state index >= 15 is 0 Å². The molecule has 212 valence electrons. The minimum absolute atomic E-state index is 0.171. The van der Waals surface area contributed by atoms with Crippen molar-refractivity contribution in [3.63, 3.8) is 0 Å². The van der Waals surface area contributed by atoms with Crippen molar-refractivity contribution in [1.82, 2.24) is 19.4 Å². The minimum Gasteiger partial charge on any atom is -0.457 e. The maximum atomic E-state index is 12.5. The summed E-state index contributed by atoms with van der Waals surface area (Å²) in [5.74, 6) is 1.69. The van der Waals surface area contributed by atoms with Crippen LogP contribution in [0.1, 0.15) is 59.2 Å². The van der Waals surface area contributed by atoms with E-state index in [0.29, 0.717) is 23.5 Å². The van der Waals surface area contributed by atoms with Crippen LogP contribution in [0.25, 0.3) is 22.2 Å². The topological polar surface area (TPSA) is 103 Å². The maximum absolute atomic E-state index is 12.5. The number of fused-ring (bicyclic) bond motifs is 2. The Morgan fingerprint density at radius 1 is 0.643 bits per heavy atom. The number of carbonyl (C=O) groups excluding carboxylic acids is 2. The Morgan fingerprint density at radius 3 is 1.93 bits per heavy atom. The Bertz CT molecular complexity index is 1680. The number of carbonyl (C=O) groups is 2. The van der Waals surface area contributed by atoms with Gasteiger partial charge in [-0.2, -0.15) is 0 Å². The van der Waals surface area contributed by atoms with Gasteiger partial charge in [-0.05, 0) is 54.8 Å². The number of imide groups is 1. The lowest BCUT2D eigenvalue weighted by molar-refractivity contribution is 0.0651. The van der Waals surface area contributed by atoms with Gasteiger partial charge >= 0.3 is 0 Å². The number of nitrogen functional groups attached to an aromatic ring is 1. The molecule has 3 aromatic carbocycles. The van der Waals surface area contributed by atoms with Gasteiger partial charge in [-0.15, -0.1) is 0 Å². The minimum atomic E-state index is -0.171. The van der Waals surface area contributed by atoms with Crippen molar-refractivity contribution >= 4 is 28.7 Å². The zero-order valence-corrected chi connectivity index (χ0v) is 23.4. The zero-order chi connectivity index (χ0) is 28.9. The molecule has 5 aromatic rings. The van der Waals surface area contributed by atoms with Crippen molar-refractivity contribution in [2.45, 2.75) is 45.1 Å². The van der Waals surface area contributed by atoms with Crippen LogP contribution in [-0.2, 0) is 6.54 Å². The van der Waals surface area contributed by atoms with E-state index in [2.05, 4.69) is 20.7 Å². The van der Waals surface area contributed by atoms with E-state index in [9.17, 15) is 9.59 Å². The molecule has 0 atom stereocenters. The molecule has 0 saturated carbocycles. The second kappa shape index (κ2) is 12.3. The highest BCUT2D eigenvalue weighted by Gasteiger charge is 2.34. The van der Waals surface area contributed by atoms with Crippen LogP contribution in [0.4, 0.5) is 5.82 Å². The van der Waals surface area contributed by atoms with Gasteiger partial charge in [0.2, 0.25) is 0 Å². The largest absolute Gasteiger partial charge is 0.457 e. The fraction of sp³-hybridized carbons (Fsp3) is 0.235. The Hall–Kier alpha value is -4.98. The van der Waals surface area contributed by atoms with Crippen molar-refractivity contribution in [3.05, 3.63) is 103 Å². The third kappa shape index (κ3) is 5.61. The van der Waals surface area contributed by atoms with Gasteiger partial charge in [-0.1, -0.05) is 68.1 Å². The molecule has 0 spiro atoms. The molecule has 8 heteroatoms. The third-order valence-electron chi connectivity index (χ3n) is 7.74. The summed E-state index contributed by atoms with van der Waals surface area (Å²) in [5, 5.41) is 0.863. The number of nitrogens with two attached hydrogens (primary N) is 1. The highest BCUT2D eigenvalue weighted by Crippen LogP contribution is 2.34. The molecule has 0 unspecified atom stereocenters. The number of nitrogens with zero attached hydrogens (tertiary/aromatic N) is 4. The molecular formula is C34H33N5O3. The summed E-state index contributed by atoms with van der Waals surface area (Å²) in [5.41, 5.74) is 10.2. The fourth-order valence-electron chi connectivity index (χ4n) is 5.56. The van der Waals surface area contributed by atoms with Gasteiger partial charge in [0.05, 0.1) is 16.5 Å². The van der Waals surface area contributed by atoms with Gasteiger partial charge in [0.25, 0.3) is 11.8 Å². The molecule has 0 bridgehead atoms. The number of aryl methyl sites for hydroxylation is 1. The smallest absolute Gasteiger partial charge is 0.261 e. The molecule has 0 aliphatic carbocycles. The standard InChI is InChI=1S/C34H33N5O3/c35-31-30-29(24-16-18-26(19-17-24)42-25-12-6-5-7-13-25)22-38(32(30)37-23-36-31)20-10-3-1-2-4-11-21-39-33(40)27-14-8-9-15-28(27)34(39)41/h5-9,12-19,22-23H,1-4,10-11,20-21H2,(H2,35,36,37). The number of benzene rings is 3. The van der Waals surface area contributed by atoms with Gasteiger partial charge in [-0.3, -0.25) is 14.5 Å². The van der Waals surface area contributed by atoms with Crippen molar-refractivity contribution < 1.29 is 14.3 Å². The summed E-state index contributed by atoms with van der Waals surface area (Å²) in [7, 11) is 0. The van der Waals surface area contributed by atoms with E-state index in [1.807, 2.05) is 54.6 Å². The summed E-state index contributed by atoms with van der Waals surface area (Å²) in [6.45, 7) is 1.31. The van der Waals surface area contributed by atoms with Crippen molar-refractivity contribution in [1.29, 1.82) is 0 Å². The van der Waals surface area contributed by atoms with Gasteiger partial charge in [0, 0.05) is 24.8 Å². The molecule has 8 nitrogen and oxygen atoms in total. The van der Waals surface area contributed by atoms with Crippen LogP contribution >= 0.6 is 0 Å². The first-order chi connectivity index (χ1) is 20.6. The third-order valence-corrected chi connectivity index (χ3v) is 7.74. The summed E-state index contributed by atoms with van der Waals surface area (Å²) < 4.78 is 8.11. The normalized spacial score (nSPS) is 12.7. The molecule has 42 heavy (non-hydrogen) atoms. The quantitative estimate of drug-likeness (QED) is 0.129. The van der Waals surface area contributed by atoms with Crippen LogP contribution in [-0.4, -0.2) is 37.8 Å². The molecule has 1 aliphatic heterocycles. The van der Waals surface area contributed by atoms with Crippen LogP contribution in [0.15, 0.2) is 91.4 Å². The lowest BCUT2D eigenvalue weighted by Crippen LogP contribution is -2.30. The van der Waals surface area contributed by atoms with E-state index in [1.54, 1.807) is 24.3 Å². The predicted octanol–water partition coefficient (Wildman–Crippen LogP) is 7.11. The number of aromatic nitrogens is 3. The molecular weight excluding hydrogens is 526 g/mol. The number of unbranched alkanes of at least 4 members (excludes halogenated alkanes) is 5. The summed E-state index contributed by atoms with van der Waals surface area (Å²) in [4.78, 5) is 35.2. The first-order valence-corrected chi connectivity index (χ1v) is 14.5. The lowest BCUT2D eigenvalue weighted by atomic mass is 10.1. The first kappa shape index (κ1) is 27.2. The van der Waals surface area contributed by atoms with E-state index in [1.165, 1.54) is 11.2 Å². The zero-order valence-electron chi connectivity index (χ0n) is 23.4. The number of hydrogen-bond acceptors (Lipinski definition) is 6. The second-order valence-corrected chi connectivity index (χ2v) is 10.6. The predicted molar refractivity (Wildman–Crippen MR) is 163 cm³/mol. The molecule has 6 rings (SSSR count). The van der Waals surface area contributed by atoms with Crippen LogP contribution in [0.3, 0.4) is 0 Å². The molecule has 1 aliphatic rings. The SMILES string of the molecule is Nc1ncnc2c1c(-c1ccc(Oc3ccccc3)cc1)cn2CCCCCCCCN1C(=O)c2ccccc2C1=O. The van der Waals surface area contributed by atoms with E-state index < -0.39 is 0 Å². The number of amides is 2. The van der Waals surface area contributed by atoms with E-state index in [0.717, 1.165) is 78.7 Å². The van der Waals surface area contributed by atoms with Crippen molar-refractivity contribution in [2.75, 3.05) is 12.3 Å². The van der Waals surface area contributed by atoms with Crippen molar-refractivity contribution in [3.8, 4) is 22.6 Å². The Morgan fingerprint density at radius 2 is 1.24 bits per heavy atom. The molecule has 2 aromatic heterocycles. The molecule has 0 saturated heterocycles. The van der Waals surface area contributed by atoms with Gasteiger partial charge in [0.15, 0.2) is 0 Å². The molecule has 2 amide bonds. The summed E-state index contributed by atoms with van der Waals surface area (Å²) in [6, 6.07) is 24.7. The fourth-order valence-corrected chi connectivity index (χ4v) is 5.56. The van der Waals surface area contributed by atoms with Crippen LogP contribution in [0, 0.1) is 0 Å². The number of hydrogen-bond donors (Lipinski definition) is 1. The highest BCUT2D eigenvalue weighted by atomic mass is 16.5. The molecule has 3 heterocycles. The molecule has 2 N–H and O–H groups in total. The summed E-state index contributed by atoms with van der Waals surface area (Å²) in [6.07, 6.45) is 9.68. The van der Waals surface area contributed by atoms with Crippen LogP contribution in [0.5, 0.6) is 11.5 Å². The Labute approximate surface area is 244 Å². The average molecular weight is 560 g/mol. The molecule has 0 fully saturated rings. The lowest BCUT2D eigenvalue weighted by Gasteiger charge is -2.13.